The molecule has 1 heterocycles. The van der Waals surface area contributed by atoms with Crippen molar-refractivity contribution in [1.29, 1.82) is 0 Å². The van der Waals surface area contributed by atoms with Gasteiger partial charge in [-0.05, 0) is 24.6 Å². The molecule has 0 aliphatic carbocycles. The molecule has 0 aliphatic heterocycles. The van der Waals surface area contributed by atoms with Gasteiger partial charge in [0, 0.05) is 18.0 Å². The molecule has 0 N–H and O–H groups in total. The van der Waals surface area contributed by atoms with Gasteiger partial charge >= 0.3 is 12.4 Å². The Labute approximate surface area is 157 Å². The van der Waals surface area contributed by atoms with Gasteiger partial charge in [-0.15, -0.1) is 0 Å². The zero-order valence-corrected chi connectivity index (χ0v) is 14.6. The monoisotopic (exact) mass is 403 g/mol. The first-order valence-corrected chi connectivity index (χ1v) is 7.95. The molecule has 28 heavy (non-hydrogen) atoms. The maximum atomic E-state index is 13.1. The molecule has 0 spiro atoms. The van der Waals surface area contributed by atoms with Crippen LogP contribution in [0.4, 0.5) is 37.7 Å². The van der Waals surface area contributed by atoms with Gasteiger partial charge in [0.05, 0.1) is 18.7 Å². The fourth-order valence-electron chi connectivity index (χ4n) is 2.36. The third-order valence-corrected chi connectivity index (χ3v) is 3.64. The van der Waals surface area contributed by atoms with Crippen molar-refractivity contribution in [3.05, 3.63) is 59.1 Å². The minimum atomic E-state index is -4.86. The second-order valence-electron chi connectivity index (χ2n) is 5.87. The maximum absolute atomic E-state index is 13.1. The molecule has 1 aromatic carbocycles. The van der Waals surface area contributed by atoms with Crippen LogP contribution in [0.1, 0.15) is 11.1 Å². The Morgan fingerprint density at radius 2 is 1.82 bits per heavy atom. The van der Waals surface area contributed by atoms with Gasteiger partial charge in [-0.25, -0.2) is 9.83 Å². The molecule has 0 radical (unpaired) electrons. The first-order valence-electron chi connectivity index (χ1n) is 7.95. The molecule has 0 saturated carbocycles. The fourth-order valence-corrected chi connectivity index (χ4v) is 2.36. The molecule has 0 aliphatic rings. The molecular formula is C18H15F6N3O. The summed E-state index contributed by atoms with van der Waals surface area (Å²) < 4.78 is 83.3. The summed E-state index contributed by atoms with van der Waals surface area (Å²) in [6.07, 6.45) is -7.98. The third kappa shape index (κ3) is 6.04. The molecule has 0 unspecified atom stereocenters. The highest BCUT2D eigenvalue weighted by molar-refractivity contribution is 5.62. The number of aryl methyl sites for hydroxylation is 1. The number of pyridine rings is 1. The van der Waals surface area contributed by atoms with Crippen molar-refractivity contribution in [1.82, 2.24) is 4.98 Å². The average Bonchev–Trinajstić information content (AvgIpc) is 2.60. The van der Waals surface area contributed by atoms with E-state index in [9.17, 15) is 26.3 Å². The third-order valence-electron chi connectivity index (χ3n) is 3.64. The highest BCUT2D eigenvalue weighted by Gasteiger charge is 2.35. The first kappa shape index (κ1) is 21.3. The molecule has 0 atom stereocenters. The predicted octanol–water partition coefficient (Wildman–Crippen LogP) is 5.41. The zero-order valence-electron chi connectivity index (χ0n) is 14.6. The minimum Gasteiger partial charge on any atom is -0.476 e. The highest BCUT2D eigenvalue weighted by Crippen LogP contribution is 2.39. The van der Waals surface area contributed by atoms with Crippen molar-refractivity contribution in [2.24, 2.45) is 0 Å². The van der Waals surface area contributed by atoms with E-state index in [-0.39, 0.29) is 24.7 Å². The Balaban J connectivity index is 2.23. The van der Waals surface area contributed by atoms with Crippen LogP contribution in [0.15, 0.2) is 36.5 Å². The molecule has 150 valence electrons. The molecule has 1 aromatic heterocycles. The summed E-state index contributed by atoms with van der Waals surface area (Å²) >= 11 is 0. The molecule has 0 bridgehead atoms. The van der Waals surface area contributed by atoms with Crippen LogP contribution in [0.3, 0.4) is 0 Å². The summed E-state index contributed by atoms with van der Waals surface area (Å²) in [7, 11) is 0. The second kappa shape index (κ2) is 8.37. The van der Waals surface area contributed by atoms with Crippen molar-refractivity contribution < 1.29 is 31.1 Å². The summed E-state index contributed by atoms with van der Waals surface area (Å²) in [6, 6.07) is 5.70. The number of hydrogen-bond acceptors (Lipinski definition) is 3. The molecule has 2 aromatic rings. The number of rotatable bonds is 6. The lowest BCUT2D eigenvalue weighted by Gasteiger charge is -2.27. The lowest BCUT2D eigenvalue weighted by Crippen LogP contribution is -2.37. The van der Waals surface area contributed by atoms with Gasteiger partial charge in [-0.1, -0.05) is 12.1 Å². The second-order valence-corrected chi connectivity index (χ2v) is 5.87. The van der Waals surface area contributed by atoms with E-state index in [0.717, 1.165) is 22.6 Å². The highest BCUT2D eigenvalue weighted by atomic mass is 19.4. The van der Waals surface area contributed by atoms with Gasteiger partial charge in [0.25, 0.3) is 0 Å². The Hall–Kier alpha value is -2.96. The van der Waals surface area contributed by atoms with E-state index in [1.807, 2.05) is 0 Å². The zero-order chi connectivity index (χ0) is 20.9. The smallest absolute Gasteiger partial charge is 0.407 e. The lowest BCUT2D eigenvalue weighted by atomic mass is 10.1. The molecule has 0 amide bonds. The van der Waals surface area contributed by atoms with Crippen molar-refractivity contribution in [3.8, 4) is 5.88 Å². The van der Waals surface area contributed by atoms with Gasteiger partial charge in [0.2, 0.25) is 5.88 Å². The number of ether oxygens (including phenoxy) is 1. The van der Waals surface area contributed by atoms with Crippen LogP contribution in [0.2, 0.25) is 0 Å². The minimum absolute atomic E-state index is 0.192. The number of benzene rings is 1. The summed E-state index contributed by atoms with van der Waals surface area (Å²) in [5.74, 6) is 0.192. The molecule has 0 saturated heterocycles. The fraction of sp³-hybridized carbons (Fsp3) is 0.333. The Morgan fingerprint density at radius 1 is 1.11 bits per heavy atom. The number of halogens is 6. The average molecular weight is 403 g/mol. The quantitative estimate of drug-likeness (QED) is 0.477. The van der Waals surface area contributed by atoms with Crippen LogP contribution < -0.4 is 9.64 Å². The molecule has 4 nitrogen and oxygen atoms in total. The van der Waals surface area contributed by atoms with E-state index in [1.54, 1.807) is 13.0 Å². The number of nitrogens with zero attached hydrogens (tertiary/aromatic N) is 3. The Kier molecular flexibility index (Phi) is 6.38. The van der Waals surface area contributed by atoms with Gasteiger partial charge in [-0.3, -0.25) is 0 Å². The van der Waals surface area contributed by atoms with Crippen LogP contribution in [-0.2, 0) is 6.18 Å². The summed E-state index contributed by atoms with van der Waals surface area (Å²) in [4.78, 5) is 7.44. The van der Waals surface area contributed by atoms with Crippen LogP contribution in [-0.4, -0.2) is 30.9 Å². The van der Waals surface area contributed by atoms with E-state index < -0.39 is 30.1 Å². The van der Waals surface area contributed by atoms with E-state index >= 15 is 0 Å². The number of aromatic nitrogens is 1. The first-order chi connectivity index (χ1) is 13.0. The van der Waals surface area contributed by atoms with Crippen LogP contribution >= 0.6 is 0 Å². The number of anilines is 1. The molecule has 2 rings (SSSR count). The van der Waals surface area contributed by atoms with Crippen molar-refractivity contribution >= 4 is 11.4 Å². The van der Waals surface area contributed by atoms with Gasteiger partial charge in [-0.2, -0.15) is 26.3 Å². The molecular weight excluding hydrogens is 388 g/mol. The largest absolute Gasteiger partial charge is 0.476 e. The van der Waals surface area contributed by atoms with E-state index in [0.29, 0.717) is 6.07 Å². The standard InChI is InChI=1S/C18H15F6N3O/c1-12-3-6-16(26-10-12)28-8-7-27(11-17(19,20)21)13-4-5-15(25-2)14(9-13)18(22,23)24/h3-6,9-10H,7-8,11H2,1H3. The lowest BCUT2D eigenvalue weighted by molar-refractivity contribution is -0.136. The predicted molar refractivity (Wildman–Crippen MR) is 90.4 cm³/mol. The van der Waals surface area contributed by atoms with Gasteiger partial charge in [0.15, 0.2) is 5.69 Å². The van der Waals surface area contributed by atoms with Gasteiger partial charge in [0.1, 0.15) is 13.2 Å². The van der Waals surface area contributed by atoms with E-state index in [4.69, 9.17) is 11.3 Å². The van der Waals surface area contributed by atoms with Crippen LogP contribution in [0.25, 0.3) is 4.85 Å². The maximum Gasteiger partial charge on any atom is 0.407 e. The van der Waals surface area contributed by atoms with Gasteiger partial charge < -0.3 is 9.64 Å². The SMILES string of the molecule is [C-]#[N+]c1ccc(N(CCOc2ccc(C)cn2)CC(F)(F)F)cc1C(F)(F)F. The Morgan fingerprint density at radius 3 is 2.36 bits per heavy atom. The van der Waals surface area contributed by atoms with E-state index in [2.05, 4.69) is 9.83 Å². The molecule has 0 fully saturated rings. The summed E-state index contributed by atoms with van der Waals surface area (Å²) in [6.45, 7) is 6.59. The van der Waals surface area contributed by atoms with Crippen molar-refractivity contribution in [3.63, 3.8) is 0 Å². The van der Waals surface area contributed by atoms with Crippen LogP contribution in [0.5, 0.6) is 5.88 Å². The summed E-state index contributed by atoms with van der Waals surface area (Å²) in [5, 5.41) is 0. The number of alkyl halides is 6. The summed E-state index contributed by atoms with van der Waals surface area (Å²) in [5.41, 5.74) is -1.40. The topological polar surface area (TPSA) is 29.7 Å². The Bertz CT molecular complexity index is 840. The van der Waals surface area contributed by atoms with Crippen molar-refractivity contribution in [2.75, 3.05) is 24.6 Å². The molecule has 10 heteroatoms. The van der Waals surface area contributed by atoms with Crippen molar-refractivity contribution in [2.45, 2.75) is 19.3 Å². The van der Waals surface area contributed by atoms with Crippen LogP contribution in [0, 0.1) is 13.5 Å². The normalized spacial score (nSPS) is 11.8. The van der Waals surface area contributed by atoms with E-state index in [1.165, 1.54) is 12.3 Å². The number of hydrogen-bond donors (Lipinski definition) is 0.